The van der Waals surface area contributed by atoms with Gasteiger partial charge in [-0.15, -0.1) is 0 Å². The third kappa shape index (κ3) is 3.43. The van der Waals surface area contributed by atoms with Crippen LogP contribution in [0.15, 0.2) is 24.4 Å². The Morgan fingerprint density at radius 3 is 2.76 bits per heavy atom. The van der Waals surface area contributed by atoms with Gasteiger partial charge in [-0.3, -0.25) is 4.79 Å². The van der Waals surface area contributed by atoms with Crippen LogP contribution in [0.1, 0.15) is 44.1 Å². The Labute approximate surface area is 123 Å². The first-order valence-electron chi connectivity index (χ1n) is 7.77. The van der Waals surface area contributed by atoms with E-state index in [0.717, 1.165) is 29.3 Å². The topological polar surface area (TPSA) is 44.9 Å². The molecule has 1 aliphatic carbocycles. The van der Waals surface area contributed by atoms with Gasteiger partial charge >= 0.3 is 0 Å². The van der Waals surface area contributed by atoms with Gasteiger partial charge in [0, 0.05) is 23.1 Å². The molecule has 112 valence electrons. The minimum atomic E-state index is -0.265. The molecule has 0 unspecified atom stereocenters. The van der Waals surface area contributed by atoms with Gasteiger partial charge in [-0.05, 0) is 36.6 Å². The molecular weight excluding hydrogens is 267 g/mol. The molecule has 0 aliphatic heterocycles. The number of aromatic amines is 1. The Bertz CT molecular complexity index is 627. The highest BCUT2D eigenvalue weighted by atomic mass is 19.1. The van der Waals surface area contributed by atoms with Crippen LogP contribution < -0.4 is 5.32 Å². The Kier molecular flexibility index (Phi) is 4.23. The van der Waals surface area contributed by atoms with Crippen LogP contribution in [-0.4, -0.2) is 16.9 Å². The fraction of sp³-hybridized carbons (Fsp3) is 0.471. The van der Waals surface area contributed by atoms with Gasteiger partial charge < -0.3 is 10.3 Å². The Morgan fingerprint density at radius 1 is 1.24 bits per heavy atom. The molecular formula is C17H21FN2O. The molecule has 4 heteroatoms. The van der Waals surface area contributed by atoms with Crippen LogP contribution in [0.3, 0.4) is 0 Å². The number of benzene rings is 1. The van der Waals surface area contributed by atoms with E-state index in [2.05, 4.69) is 10.3 Å². The summed E-state index contributed by atoms with van der Waals surface area (Å²) >= 11 is 0. The molecule has 0 saturated heterocycles. The van der Waals surface area contributed by atoms with Crippen molar-refractivity contribution in [3.8, 4) is 0 Å². The van der Waals surface area contributed by atoms with E-state index < -0.39 is 0 Å². The maximum Gasteiger partial charge on any atom is 0.224 e. The van der Waals surface area contributed by atoms with Gasteiger partial charge in [-0.2, -0.15) is 0 Å². The van der Waals surface area contributed by atoms with E-state index in [1.807, 2.05) is 0 Å². The van der Waals surface area contributed by atoms with Crippen LogP contribution in [0.2, 0.25) is 0 Å². The summed E-state index contributed by atoms with van der Waals surface area (Å²) in [5, 5.41) is 4.07. The lowest BCUT2D eigenvalue weighted by Gasteiger charge is -2.16. The Balaban J connectivity index is 1.65. The number of carbonyl (C=O) groups is 1. The molecule has 2 aromatic rings. The van der Waals surface area contributed by atoms with Gasteiger partial charge in [-0.1, -0.05) is 25.7 Å². The van der Waals surface area contributed by atoms with Crippen molar-refractivity contribution in [2.75, 3.05) is 0 Å². The second-order valence-electron chi connectivity index (χ2n) is 5.94. The summed E-state index contributed by atoms with van der Waals surface area (Å²) in [4.78, 5) is 15.2. The molecule has 1 aromatic heterocycles. The molecule has 1 aromatic carbocycles. The van der Waals surface area contributed by atoms with E-state index in [0.29, 0.717) is 12.5 Å². The number of carbonyl (C=O) groups excluding carboxylic acids is 1. The molecule has 0 radical (unpaired) electrons. The number of halogens is 1. The summed E-state index contributed by atoms with van der Waals surface area (Å²) in [7, 11) is 0. The fourth-order valence-corrected chi connectivity index (χ4v) is 3.18. The zero-order chi connectivity index (χ0) is 14.7. The van der Waals surface area contributed by atoms with Gasteiger partial charge in [0.25, 0.3) is 0 Å². The summed E-state index contributed by atoms with van der Waals surface area (Å²) < 4.78 is 13.2. The lowest BCUT2D eigenvalue weighted by molar-refractivity contribution is -0.121. The van der Waals surface area contributed by atoms with Crippen molar-refractivity contribution < 1.29 is 9.18 Å². The minimum absolute atomic E-state index is 0.0622. The Morgan fingerprint density at radius 2 is 2.00 bits per heavy atom. The van der Waals surface area contributed by atoms with E-state index in [-0.39, 0.29) is 11.7 Å². The molecule has 2 N–H and O–H groups in total. The molecule has 1 saturated carbocycles. The van der Waals surface area contributed by atoms with Crippen LogP contribution in [0.5, 0.6) is 0 Å². The number of nitrogens with one attached hydrogen (secondary N) is 2. The van der Waals surface area contributed by atoms with Gasteiger partial charge in [0.15, 0.2) is 0 Å². The van der Waals surface area contributed by atoms with Crippen molar-refractivity contribution in [2.24, 2.45) is 0 Å². The zero-order valence-corrected chi connectivity index (χ0v) is 12.1. The normalized spacial score (nSPS) is 16.8. The van der Waals surface area contributed by atoms with Crippen molar-refractivity contribution in [3.05, 3.63) is 35.8 Å². The van der Waals surface area contributed by atoms with Gasteiger partial charge in [0.1, 0.15) is 5.82 Å². The second kappa shape index (κ2) is 6.29. The summed E-state index contributed by atoms with van der Waals surface area (Å²) in [5.41, 5.74) is 1.67. The summed E-state index contributed by atoms with van der Waals surface area (Å²) in [6.45, 7) is 0. The molecule has 21 heavy (non-hydrogen) atoms. The second-order valence-corrected chi connectivity index (χ2v) is 5.94. The van der Waals surface area contributed by atoms with Crippen molar-refractivity contribution in [2.45, 2.75) is 51.0 Å². The van der Waals surface area contributed by atoms with E-state index >= 15 is 0 Å². The maximum absolute atomic E-state index is 13.2. The summed E-state index contributed by atoms with van der Waals surface area (Å²) in [5.74, 6) is -0.203. The SMILES string of the molecule is O=C(Cc1c[nH]c2cc(F)ccc12)NC1CCCCCC1. The number of fused-ring (bicyclic) bond motifs is 1. The van der Waals surface area contributed by atoms with Crippen molar-refractivity contribution >= 4 is 16.8 Å². The first-order valence-corrected chi connectivity index (χ1v) is 7.77. The summed E-state index contributed by atoms with van der Waals surface area (Å²) in [6.07, 6.45) is 9.30. The molecule has 3 rings (SSSR count). The van der Waals surface area contributed by atoms with Crippen LogP contribution in [0.4, 0.5) is 4.39 Å². The third-order valence-corrected chi connectivity index (χ3v) is 4.30. The lowest BCUT2D eigenvalue weighted by Crippen LogP contribution is -2.35. The van der Waals surface area contributed by atoms with Crippen molar-refractivity contribution in [1.82, 2.24) is 10.3 Å². The van der Waals surface area contributed by atoms with Crippen molar-refractivity contribution in [1.29, 1.82) is 0 Å². The van der Waals surface area contributed by atoms with E-state index in [4.69, 9.17) is 0 Å². The third-order valence-electron chi connectivity index (χ3n) is 4.30. The summed E-state index contributed by atoms with van der Waals surface area (Å²) in [6, 6.07) is 4.95. The molecule has 1 amide bonds. The van der Waals surface area contributed by atoms with Gasteiger partial charge in [0.05, 0.1) is 6.42 Å². The Hall–Kier alpha value is -1.84. The van der Waals surface area contributed by atoms with Crippen molar-refractivity contribution in [3.63, 3.8) is 0 Å². The number of aromatic nitrogens is 1. The molecule has 0 bridgehead atoms. The molecule has 1 fully saturated rings. The van der Waals surface area contributed by atoms with E-state index in [9.17, 15) is 9.18 Å². The first kappa shape index (κ1) is 14.1. The highest BCUT2D eigenvalue weighted by Gasteiger charge is 2.16. The zero-order valence-electron chi connectivity index (χ0n) is 12.1. The monoisotopic (exact) mass is 288 g/mol. The number of amides is 1. The van der Waals surface area contributed by atoms with Gasteiger partial charge in [-0.25, -0.2) is 4.39 Å². The molecule has 0 atom stereocenters. The van der Waals surface area contributed by atoms with Crippen LogP contribution in [0.25, 0.3) is 10.9 Å². The average Bonchev–Trinajstić information content (AvgIpc) is 2.68. The van der Waals surface area contributed by atoms with Crippen LogP contribution >= 0.6 is 0 Å². The smallest absolute Gasteiger partial charge is 0.224 e. The van der Waals surface area contributed by atoms with E-state index in [1.54, 1.807) is 12.3 Å². The predicted octanol–water partition coefficient (Wildman–Crippen LogP) is 3.69. The maximum atomic E-state index is 13.2. The quantitative estimate of drug-likeness (QED) is 0.831. The molecule has 1 heterocycles. The number of hydrogen-bond acceptors (Lipinski definition) is 1. The lowest BCUT2D eigenvalue weighted by atomic mass is 10.1. The number of hydrogen-bond donors (Lipinski definition) is 2. The highest BCUT2D eigenvalue weighted by molar-refractivity contribution is 5.89. The number of H-pyrrole nitrogens is 1. The van der Waals surface area contributed by atoms with Crippen LogP contribution in [0, 0.1) is 5.82 Å². The minimum Gasteiger partial charge on any atom is -0.361 e. The first-order chi connectivity index (χ1) is 10.2. The average molecular weight is 288 g/mol. The highest BCUT2D eigenvalue weighted by Crippen LogP contribution is 2.20. The number of rotatable bonds is 3. The predicted molar refractivity (Wildman–Crippen MR) is 81.6 cm³/mol. The fourth-order valence-electron chi connectivity index (χ4n) is 3.18. The van der Waals surface area contributed by atoms with Crippen LogP contribution in [-0.2, 0) is 11.2 Å². The molecule has 0 spiro atoms. The van der Waals surface area contributed by atoms with Gasteiger partial charge in [0.2, 0.25) is 5.91 Å². The molecule has 3 nitrogen and oxygen atoms in total. The molecule has 1 aliphatic rings. The van der Waals surface area contributed by atoms with E-state index in [1.165, 1.54) is 37.8 Å². The largest absolute Gasteiger partial charge is 0.361 e. The standard InChI is InChI=1S/C17H21FN2O/c18-13-7-8-15-12(11-19-16(15)10-13)9-17(21)20-14-5-3-1-2-4-6-14/h7-8,10-11,14,19H,1-6,9H2,(H,20,21).